The average Bonchev–Trinajstić information content (AvgIpc) is 3.41. The number of carbonyl (C=O) groups is 1. The highest BCUT2D eigenvalue weighted by Gasteiger charge is 2.47. The van der Waals surface area contributed by atoms with Gasteiger partial charge in [-0.3, -0.25) is 5.10 Å². The number of nitrogens with two attached hydrogens (primary N) is 1. The van der Waals surface area contributed by atoms with Crippen LogP contribution in [-0.2, 0) is 9.53 Å². The number of ether oxygens (including phenoxy) is 1. The Balaban J connectivity index is 0.000000448. The topological polar surface area (TPSA) is 155 Å². The molecule has 0 radical (unpaired) electrons. The molecule has 0 amide bonds. The van der Waals surface area contributed by atoms with Crippen molar-refractivity contribution in [3.8, 4) is 11.3 Å². The lowest BCUT2D eigenvalue weighted by molar-refractivity contribution is -0.192. The molecule has 5 heterocycles. The number of aliphatic carboxylic acids is 1. The fraction of sp³-hybridized carbons (Fsp3) is 0.542. The maximum Gasteiger partial charge on any atom is 0.490 e. The second kappa shape index (κ2) is 11.1. The van der Waals surface area contributed by atoms with Crippen LogP contribution in [0, 0.1) is 12.3 Å². The number of hydrogen-bond acceptors (Lipinski definition) is 9. The van der Waals surface area contributed by atoms with E-state index in [9.17, 15) is 13.2 Å². The van der Waals surface area contributed by atoms with Crippen molar-refractivity contribution in [2.24, 2.45) is 11.1 Å². The van der Waals surface area contributed by atoms with Gasteiger partial charge in [0.15, 0.2) is 5.82 Å². The van der Waals surface area contributed by atoms with Gasteiger partial charge in [-0.2, -0.15) is 18.3 Å². The van der Waals surface area contributed by atoms with Gasteiger partial charge < -0.3 is 25.8 Å². The Bertz CT molecular complexity index is 1340. The van der Waals surface area contributed by atoms with E-state index in [-0.39, 0.29) is 17.6 Å². The summed E-state index contributed by atoms with van der Waals surface area (Å²) in [6.07, 6.45) is -1.26. The van der Waals surface area contributed by atoms with Gasteiger partial charge in [0.2, 0.25) is 5.65 Å². The lowest BCUT2D eigenvalue weighted by Gasteiger charge is -2.41. The highest BCUT2D eigenvalue weighted by atomic mass is 35.5. The Morgan fingerprint density at radius 2 is 2.03 bits per heavy atom. The van der Waals surface area contributed by atoms with Crippen LogP contribution in [0.5, 0.6) is 0 Å². The molecule has 2 aliphatic heterocycles. The third-order valence-corrected chi connectivity index (χ3v) is 7.57. The van der Waals surface area contributed by atoms with Gasteiger partial charge in [-0.05, 0) is 39.7 Å². The first-order valence-corrected chi connectivity index (χ1v) is 12.8. The molecule has 5 N–H and O–H groups in total. The van der Waals surface area contributed by atoms with E-state index in [1.165, 1.54) is 0 Å². The van der Waals surface area contributed by atoms with Crippen molar-refractivity contribution in [2.45, 2.75) is 51.9 Å². The minimum absolute atomic E-state index is 0.0726. The number of hydrogen-bond donors (Lipinski definition) is 4. The summed E-state index contributed by atoms with van der Waals surface area (Å²) in [6.45, 7) is 9.30. The Kier molecular flexibility index (Phi) is 8.19. The van der Waals surface area contributed by atoms with Crippen LogP contribution in [0.25, 0.3) is 22.4 Å². The summed E-state index contributed by atoms with van der Waals surface area (Å²) in [6, 6.07) is 1.95. The molecule has 2 atom stereocenters. The molecule has 5 rings (SSSR count). The number of alkyl halides is 3. The summed E-state index contributed by atoms with van der Waals surface area (Å²) in [5, 5.41) is 18.4. The maximum atomic E-state index is 10.6. The van der Waals surface area contributed by atoms with Crippen LogP contribution in [-0.4, -0.2) is 80.8 Å². The first-order valence-electron chi connectivity index (χ1n) is 12.4. The van der Waals surface area contributed by atoms with Crippen LogP contribution >= 0.6 is 11.6 Å². The number of H-pyrrole nitrogens is 1. The van der Waals surface area contributed by atoms with E-state index < -0.39 is 12.1 Å². The predicted octanol–water partition coefficient (Wildman–Crippen LogP) is 3.77. The summed E-state index contributed by atoms with van der Waals surface area (Å²) in [7, 11) is 0. The molecule has 0 unspecified atom stereocenters. The van der Waals surface area contributed by atoms with Gasteiger partial charge >= 0.3 is 12.1 Å². The number of nitrogens with zero attached hydrogens (tertiary/aromatic N) is 5. The molecule has 1 spiro atoms. The first-order chi connectivity index (χ1) is 18.4. The number of carboxylic acid groups (broad SMARTS) is 1. The monoisotopic (exact) mass is 570 g/mol. The zero-order chi connectivity index (χ0) is 28.5. The molecule has 3 aromatic rings. The van der Waals surface area contributed by atoms with Crippen molar-refractivity contribution in [2.75, 3.05) is 36.5 Å². The molecule has 2 aliphatic rings. The second-order valence-electron chi connectivity index (χ2n) is 9.65. The third-order valence-electron chi connectivity index (χ3n) is 7.19. The number of fused-ring (bicyclic) bond motifs is 1. The number of carboxylic acids is 1. The highest BCUT2D eigenvalue weighted by Crippen LogP contribution is 2.42. The number of anilines is 2. The Morgan fingerprint density at radius 3 is 2.59 bits per heavy atom. The molecule has 0 bridgehead atoms. The van der Waals surface area contributed by atoms with E-state index in [0.29, 0.717) is 22.0 Å². The number of piperidine rings is 1. The fourth-order valence-corrected chi connectivity index (χ4v) is 5.23. The Hall–Kier alpha value is -3.23. The normalized spacial score (nSPS) is 20.7. The summed E-state index contributed by atoms with van der Waals surface area (Å²) in [4.78, 5) is 25.2. The third kappa shape index (κ3) is 5.72. The van der Waals surface area contributed by atoms with Crippen LogP contribution in [0.1, 0.15) is 32.4 Å². The van der Waals surface area contributed by atoms with Gasteiger partial charge in [0.1, 0.15) is 11.3 Å². The van der Waals surface area contributed by atoms with Crippen molar-refractivity contribution in [1.82, 2.24) is 25.1 Å². The van der Waals surface area contributed by atoms with Crippen molar-refractivity contribution in [3.05, 3.63) is 23.0 Å². The van der Waals surface area contributed by atoms with Gasteiger partial charge in [-0.25, -0.2) is 19.7 Å². The molecule has 212 valence electrons. The number of nitrogens with one attached hydrogen (secondary N) is 2. The lowest BCUT2D eigenvalue weighted by atomic mass is 9.73. The second-order valence-corrected chi connectivity index (χ2v) is 10.0. The highest BCUT2D eigenvalue weighted by molar-refractivity contribution is 6.35. The van der Waals surface area contributed by atoms with E-state index in [4.69, 9.17) is 41.9 Å². The number of rotatable bonds is 4. The zero-order valence-electron chi connectivity index (χ0n) is 21.6. The molecular weight excluding hydrogens is 541 g/mol. The van der Waals surface area contributed by atoms with Gasteiger partial charge in [0.05, 0.1) is 29.1 Å². The minimum Gasteiger partial charge on any atom is -0.475 e. The van der Waals surface area contributed by atoms with Gasteiger partial charge in [-0.15, -0.1) is 0 Å². The van der Waals surface area contributed by atoms with E-state index in [0.717, 1.165) is 61.9 Å². The standard InChI is InChI=1S/C22H29ClN8O.C2HF3O2/c1-4-25-19-15(23)14(5-8-26-19)16-17-20(30-29-16)28-21(12(2)27-17)31-9-6-22(7-10-31)11-32-13(3)18(22)24;3-2(4,5)1(6)7/h5,8,13,18H,4,6-7,9-11,24H2,1-3H3,(H,25,26)(H,28,29,30);(H,6,7)/t13-,18+;/m0./s1. The van der Waals surface area contributed by atoms with Crippen molar-refractivity contribution in [1.29, 1.82) is 0 Å². The molecule has 11 nitrogen and oxygen atoms in total. The molecule has 3 aromatic heterocycles. The number of aromatic amines is 1. The summed E-state index contributed by atoms with van der Waals surface area (Å²) in [5.74, 6) is -1.24. The van der Waals surface area contributed by atoms with Crippen LogP contribution in [0.15, 0.2) is 12.3 Å². The Morgan fingerprint density at radius 1 is 1.36 bits per heavy atom. The Labute approximate surface area is 227 Å². The van der Waals surface area contributed by atoms with E-state index in [2.05, 4.69) is 32.3 Å². The number of pyridine rings is 1. The van der Waals surface area contributed by atoms with Crippen molar-refractivity contribution >= 4 is 40.4 Å². The molecule has 39 heavy (non-hydrogen) atoms. The fourth-order valence-electron chi connectivity index (χ4n) is 4.96. The van der Waals surface area contributed by atoms with Crippen molar-refractivity contribution in [3.63, 3.8) is 0 Å². The van der Waals surface area contributed by atoms with Gasteiger partial charge in [0, 0.05) is 42.9 Å². The summed E-state index contributed by atoms with van der Waals surface area (Å²) in [5.41, 5.74) is 10.2. The van der Waals surface area contributed by atoms with Crippen molar-refractivity contribution < 1.29 is 27.8 Å². The van der Waals surface area contributed by atoms with Gasteiger partial charge in [-0.1, -0.05) is 11.6 Å². The molecule has 2 fully saturated rings. The summed E-state index contributed by atoms with van der Waals surface area (Å²) >= 11 is 6.60. The molecular formula is C24H30ClF3N8O3. The van der Waals surface area contributed by atoms with E-state index in [1.54, 1.807) is 6.20 Å². The van der Waals surface area contributed by atoms with Crippen LogP contribution in [0.4, 0.5) is 24.8 Å². The largest absolute Gasteiger partial charge is 0.490 e. The number of aromatic nitrogens is 5. The van der Waals surface area contributed by atoms with E-state index in [1.807, 2.05) is 19.9 Å². The molecule has 0 aliphatic carbocycles. The van der Waals surface area contributed by atoms with Gasteiger partial charge in [0.25, 0.3) is 0 Å². The minimum atomic E-state index is -5.08. The quantitative estimate of drug-likeness (QED) is 0.364. The lowest BCUT2D eigenvalue weighted by Crippen LogP contribution is -2.50. The smallest absolute Gasteiger partial charge is 0.475 e. The number of halogens is 4. The SMILES string of the molecule is CCNc1nccc(-c2[nH]nc3nc(N4CCC5(CC4)CO[C@@H](C)[C@H]5N)c(C)nc23)c1Cl.O=C(O)C(F)(F)F. The predicted molar refractivity (Wildman–Crippen MR) is 140 cm³/mol. The molecule has 2 saturated heterocycles. The molecule has 0 saturated carbocycles. The average molecular weight is 571 g/mol. The van der Waals surface area contributed by atoms with E-state index >= 15 is 0 Å². The summed E-state index contributed by atoms with van der Waals surface area (Å²) < 4.78 is 37.6. The molecule has 0 aromatic carbocycles. The van der Waals surface area contributed by atoms with Crippen LogP contribution < -0.4 is 16.0 Å². The zero-order valence-corrected chi connectivity index (χ0v) is 22.4. The molecule has 15 heteroatoms. The first kappa shape index (κ1) is 28.8. The van der Waals surface area contributed by atoms with Crippen LogP contribution in [0.3, 0.4) is 0 Å². The van der Waals surface area contributed by atoms with Crippen LogP contribution in [0.2, 0.25) is 5.02 Å². The maximum absolute atomic E-state index is 10.6. The number of aryl methyl sites for hydroxylation is 1.